The first kappa shape index (κ1) is 14.3. The van der Waals surface area contributed by atoms with Crippen LogP contribution in [-0.4, -0.2) is 17.6 Å². The van der Waals surface area contributed by atoms with Crippen molar-refractivity contribution in [2.24, 2.45) is 5.41 Å². The lowest BCUT2D eigenvalue weighted by molar-refractivity contribution is 0.0696. The van der Waals surface area contributed by atoms with Gasteiger partial charge >= 0.3 is 0 Å². The summed E-state index contributed by atoms with van der Waals surface area (Å²) in [6, 6.07) is 17.6. The molecule has 110 valence electrons. The normalized spacial score (nSPS) is 23.5. The van der Waals surface area contributed by atoms with Gasteiger partial charge in [0.1, 0.15) is 0 Å². The zero-order valence-electron chi connectivity index (χ0n) is 12.9. The van der Waals surface area contributed by atoms with E-state index in [0.717, 1.165) is 13.0 Å². The van der Waals surface area contributed by atoms with Gasteiger partial charge in [-0.25, -0.2) is 0 Å². The van der Waals surface area contributed by atoms with Crippen LogP contribution in [0.1, 0.15) is 37.4 Å². The molecule has 2 atom stereocenters. The van der Waals surface area contributed by atoms with Crippen LogP contribution in [-0.2, 0) is 6.42 Å². The lowest BCUT2D eigenvalue weighted by Crippen LogP contribution is -2.55. The van der Waals surface area contributed by atoms with Gasteiger partial charge in [-0.05, 0) is 35.4 Å². The predicted octanol–water partition coefficient (Wildman–Crippen LogP) is 3.80. The SMILES string of the molecule is CC1(C)[C@@H](NCCc2ccccn2)C[C@H]1c1ccccc1. The zero-order chi connectivity index (χ0) is 14.7. The van der Waals surface area contributed by atoms with E-state index in [1.807, 2.05) is 12.3 Å². The van der Waals surface area contributed by atoms with Crippen molar-refractivity contribution in [2.45, 2.75) is 38.6 Å². The van der Waals surface area contributed by atoms with Crippen molar-refractivity contribution in [1.29, 1.82) is 0 Å². The highest BCUT2D eigenvalue weighted by Gasteiger charge is 2.48. The van der Waals surface area contributed by atoms with Crippen LogP contribution in [0.3, 0.4) is 0 Å². The van der Waals surface area contributed by atoms with Gasteiger partial charge in [-0.15, -0.1) is 0 Å². The molecule has 0 radical (unpaired) electrons. The molecule has 0 unspecified atom stereocenters. The van der Waals surface area contributed by atoms with Crippen LogP contribution in [0.15, 0.2) is 54.7 Å². The van der Waals surface area contributed by atoms with Crippen LogP contribution >= 0.6 is 0 Å². The van der Waals surface area contributed by atoms with Crippen molar-refractivity contribution >= 4 is 0 Å². The van der Waals surface area contributed by atoms with E-state index in [1.165, 1.54) is 17.7 Å². The van der Waals surface area contributed by atoms with Gasteiger partial charge in [0.2, 0.25) is 0 Å². The van der Waals surface area contributed by atoms with Crippen molar-refractivity contribution in [1.82, 2.24) is 10.3 Å². The molecule has 3 rings (SSSR count). The zero-order valence-corrected chi connectivity index (χ0v) is 12.9. The summed E-state index contributed by atoms with van der Waals surface area (Å²) in [5, 5.41) is 3.72. The Morgan fingerprint density at radius 1 is 1.10 bits per heavy atom. The van der Waals surface area contributed by atoms with Crippen LogP contribution < -0.4 is 5.32 Å². The number of rotatable bonds is 5. The number of nitrogens with zero attached hydrogens (tertiary/aromatic N) is 1. The molecule has 0 aliphatic heterocycles. The fourth-order valence-electron chi connectivity index (χ4n) is 3.44. The summed E-state index contributed by atoms with van der Waals surface area (Å²) < 4.78 is 0. The summed E-state index contributed by atoms with van der Waals surface area (Å²) in [4.78, 5) is 4.38. The molecule has 1 aliphatic rings. The van der Waals surface area contributed by atoms with Gasteiger partial charge in [-0.1, -0.05) is 50.2 Å². The molecule has 21 heavy (non-hydrogen) atoms. The summed E-state index contributed by atoms with van der Waals surface area (Å²) in [5.41, 5.74) is 2.97. The number of hydrogen-bond donors (Lipinski definition) is 1. The second-order valence-corrected chi connectivity index (χ2v) is 6.60. The van der Waals surface area contributed by atoms with Gasteiger partial charge in [0.05, 0.1) is 0 Å². The van der Waals surface area contributed by atoms with Crippen LogP contribution in [0.25, 0.3) is 0 Å². The largest absolute Gasteiger partial charge is 0.313 e. The molecule has 1 aromatic heterocycles. The maximum atomic E-state index is 4.38. The van der Waals surface area contributed by atoms with E-state index in [4.69, 9.17) is 0 Å². The monoisotopic (exact) mass is 280 g/mol. The van der Waals surface area contributed by atoms with E-state index < -0.39 is 0 Å². The predicted molar refractivity (Wildman–Crippen MR) is 87.3 cm³/mol. The second-order valence-electron chi connectivity index (χ2n) is 6.60. The number of pyridine rings is 1. The highest BCUT2D eigenvalue weighted by atomic mass is 15.0. The first-order valence-electron chi connectivity index (χ1n) is 7.86. The first-order valence-corrected chi connectivity index (χ1v) is 7.86. The van der Waals surface area contributed by atoms with E-state index >= 15 is 0 Å². The van der Waals surface area contributed by atoms with Gasteiger partial charge in [-0.3, -0.25) is 4.98 Å². The molecule has 0 spiro atoms. The molecule has 2 heteroatoms. The summed E-state index contributed by atoms with van der Waals surface area (Å²) in [6.45, 7) is 5.77. The Morgan fingerprint density at radius 3 is 2.52 bits per heavy atom. The average molecular weight is 280 g/mol. The maximum absolute atomic E-state index is 4.38. The van der Waals surface area contributed by atoms with Gasteiger partial charge in [-0.2, -0.15) is 0 Å². The molecule has 1 heterocycles. The number of aromatic nitrogens is 1. The quantitative estimate of drug-likeness (QED) is 0.901. The minimum absolute atomic E-state index is 0.325. The van der Waals surface area contributed by atoms with Crippen LogP contribution in [0.4, 0.5) is 0 Å². The Bertz CT molecular complexity index is 563. The van der Waals surface area contributed by atoms with Crippen LogP contribution in [0, 0.1) is 5.41 Å². The minimum atomic E-state index is 0.325. The van der Waals surface area contributed by atoms with Crippen molar-refractivity contribution in [3.63, 3.8) is 0 Å². The van der Waals surface area contributed by atoms with Gasteiger partial charge in [0, 0.05) is 30.9 Å². The Kier molecular flexibility index (Phi) is 4.07. The highest BCUT2D eigenvalue weighted by Crippen LogP contribution is 2.52. The van der Waals surface area contributed by atoms with Crippen LogP contribution in [0.2, 0.25) is 0 Å². The maximum Gasteiger partial charge on any atom is 0.0416 e. The standard InChI is InChI=1S/C19H24N2/c1-19(2)17(15-8-4-3-5-9-15)14-18(19)21-13-11-16-10-6-7-12-20-16/h3-10,12,17-18,21H,11,13-14H2,1-2H3/t17-,18-/m0/s1. The summed E-state index contributed by atoms with van der Waals surface area (Å²) in [7, 11) is 0. The van der Waals surface area contributed by atoms with Crippen molar-refractivity contribution in [3.05, 3.63) is 66.0 Å². The first-order chi connectivity index (χ1) is 10.2. The molecule has 1 fully saturated rings. The summed E-state index contributed by atoms with van der Waals surface area (Å²) in [5.74, 6) is 0.672. The van der Waals surface area contributed by atoms with E-state index in [-0.39, 0.29) is 0 Å². The Hall–Kier alpha value is -1.67. The smallest absolute Gasteiger partial charge is 0.0416 e. The molecule has 0 saturated heterocycles. The molecular weight excluding hydrogens is 256 g/mol. The van der Waals surface area contributed by atoms with E-state index in [2.05, 4.69) is 66.6 Å². The highest BCUT2D eigenvalue weighted by molar-refractivity contribution is 5.27. The molecule has 2 aromatic rings. The molecule has 1 aromatic carbocycles. The molecular formula is C19H24N2. The average Bonchev–Trinajstić information content (AvgIpc) is 2.52. The Morgan fingerprint density at radius 2 is 1.86 bits per heavy atom. The second kappa shape index (κ2) is 5.98. The molecule has 0 bridgehead atoms. The number of nitrogens with one attached hydrogen (secondary N) is 1. The molecule has 1 saturated carbocycles. The fourth-order valence-corrected chi connectivity index (χ4v) is 3.44. The van der Waals surface area contributed by atoms with Crippen molar-refractivity contribution in [2.75, 3.05) is 6.54 Å². The Labute approximate surface area is 127 Å². The van der Waals surface area contributed by atoms with E-state index in [0.29, 0.717) is 17.4 Å². The fraction of sp³-hybridized carbons (Fsp3) is 0.421. The van der Waals surface area contributed by atoms with E-state index in [9.17, 15) is 0 Å². The Balaban J connectivity index is 1.52. The third kappa shape index (κ3) is 3.01. The van der Waals surface area contributed by atoms with Crippen molar-refractivity contribution in [3.8, 4) is 0 Å². The number of hydrogen-bond acceptors (Lipinski definition) is 2. The van der Waals surface area contributed by atoms with Crippen molar-refractivity contribution < 1.29 is 0 Å². The lowest BCUT2D eigenvalue weighted by atomic mass is 9.56. The topological polar surface area (TPSA) is 24.9 Å². The van der Waals surface area contributed by atoms with Crippen LogP contribution in [0.5, 0.6) is 0 Å². The lowest BCUT2D eigenvalue weighted by Gasteiger charge is -2.53. The molecule has 0 amide bonds. The molecule has 1 aliphatic carbocycles. The third-order valence-electron chi connectivity index (χ3n) is 4.97. The third-order valence-corrected chi connectivity index (χ3v) is 4.97. The minimum Gasteiger partial charge on any atom is -0.313 e. The molecule has 1 N–H and O–H groups in total. The summed E-state index contributed by atoms with van der Waals surface area (Å²) >= 11 is 0. The van der Waals surface area contributed by atoms with Gasteiger partial charge in [0.15, 0.2) is 0 Å². The van der Waals surface area contributed by atoms with Gasteiger partial charge in [0.25, 0.3) is 0 Å². The van der Waals surface area contributed by atoms with Gasteiger partial charge < -0.3 is 5.32 Å². The number of benzene rings is 1. The summed E-state index contributed by atoms with van der Waals surface area (Å²) in [6.07, 6.45) is 4.11. The molecule has 2 nitrogen and oxygen atoms in total. The van der Waals surface area contributed by atoms with E-state index in [1.54, 1.807) is 0 Å².